The highest BCUT2D eigenvalue weighted by Crippen LogP contribution is 2.26. The van der Waals surface area contributed by atoms with Gasteiger partial charge in [0.25, 0.3) is 0 Å². The largest absolute Gasteiger partial charge is 0.496 e. The van der Waals surface area contributed by atoms with E-state index in [1.165, 1.54) is 31.5 Å². The van der Waals surface area contributed by atoms with Gasteiger partial charge in [0.1, 0.15) is 5.75 Å². The Labute approximate surface area is 136 Å². The van der Waals surface area contributed by atoms with Crippen molar-refractivity contribution in [1.82, 2.24) is 10.2 Å². The molecule has 0 saturated carbocycles. The molecule has 0 atom stereocenters. The van der Waals surface area contributed by atoms with Crippen molar-refractivity contribution >= 4 is 28.3 Å². The van der Waals surface area contributed by atoms with E-state index in [2.05, 4.69) is 38.3 Å². The van der Waals surface area contributed by atoms with Gasteiger partial charge in [0.15, 0.2) is 0 Å². The van der Waals surface area contributed by atoms with E-state index >= 15 is 0 Å². The molecule has 3 nitrogen and oxygen atoms in total. The van der Waals surface area contributed by atoms with Crippen LogP contribution in [0.3, 0.4) is 0 Å². The Morgan fingerprint density at radius 2 is 2.05 bits per heavy atom. The van der Waals surface area contributed by atoms with Crippen LogP contribution in [0.15, 0.2) is 22.7 Å². The molecule has 1 heterocycles. The Hall–Kier alpha value is -0.290. The zero-order chi connectivity index (χ0) is 13.7. The second-order valence-electron chi connectivity index (χ2n) is 5.25. The topological polar surface area (TPSA) is 24.5 Å². The molecule has 1 aliphatic rings. The molecule has 1 aromatic carbocycles. The van der Waals surface area contributed by atoms with Gasteiger partial charge in [0.2, 0.25) is 0 Å². The van der Waals surface area contributed by atoms with Crippen LogP contribution >= 0.6 is 28.3 Å². The number of likely N-dealkylation sites (tertiary alicyclic amines) is 1. The number of rotatable bonds is 5. The summed E-state index contributed by atoms with van der Waals surface area (Å²) in [5.41, 5.74) is 1.35. The summed E-state index contributed by atoms with van der Waals surface area (Å²) in [6, 6.07) is 6.36. The first-order chi connectivity index (χ1) is 9.22. The number of nitrogens with one attached hydrogen (secondary N) is 1. The van der Waals surface area contributed by atoms with Crippen molar-refractivity contribution in [3.8, 4) is 5.75 Å². The van der Waals surface area contributed by atoms with Crippen molar-refractivity contribution in [3.63, 3.8) is 0 Å². The monoisotopic (exact) mass is 362 g/mol. The molecule has 1 aliphatic heterocycles. The molecule has 2 rings (SSSR count). The van der Waals surface area contributed by atoms with Gasteiger partial charge in [-0.1, -0.05) is 6.07 Å². The van der Waals surface area contributed by atoms with Gasteiger partial charge in [-0.25, -0.2) is 0 Å². The molecule has 114 valence electrons. The van der Waals surface area contributed by atoms with Crippen LogP contribution in [-0.4, -0.2) is 38.7 Å². The van der Waals surface area contributed by atoms with E-state index in [1.807, 2.05) is 13.1 Å². The predicted molar refractivity (Wildman–Crippen MR) is 89.9 cm³/mol. The molecule has 0 aliphatic carbocycles. The van der Waals surface area contributed by atoms with Crippen LogP contribution in [0.1, 0.15) is 18.4 Å². The average Bonchev–Trinajstić information content (AvgIpc) is 2.42. The van der Waals surface area contributed by atoms with Gasteiger partial charge in [-0.3, -0.25) is 4.90 Å². The van der Waals surface area contributed by atoms with E-state index in [0.29, 0.717) is 0 Å². The van der Waals surface area contributed by atoms with Crippen LogP contribution in [-0.2, 0) is 6.54 Å². The highest BCUT2D eigenvalue weighted by molar-refractivity contribution is 9.10. The highest BCUT2D eigenvalue weighted by atomic mass is 79.9. The maximum Gasteiger partial charge on any atom is 0.133 e. The molecule has 1 saturated heterocycles. The number of hydrogen-bond acceptors (Lipinski definition) is 3. The van der Waals surface area contributed by atoms with Crippen molar-refractivity contribution in [1.29, 1.82) is 0 Å². The summed E-state index contributed by atoms with van der Waals surface area (Å²) in [5, 5.41) is 3.28. The van der Waals surface area contributed by atoms with Crippen LogP contribution in [0.4, 0.5) is 0 Å². The summed E-state index contributed by atoms with van der Waals surface area (Å²) in [4.78, 5) is 2.54. The molecule has 5 heteroatoms. The number of halogens is 2. The third-order valence-electron chi connectivity index (χ3n) is 3.82. The van der Waals surface area contributed by atoms with Gasteiger partial charge in [-0.05, 0) is 79.1 Å². The lowest BCUT2D eigenvalue weighted by atomic mass is 9.96. The fourth-order valence-electron chi connectivity index (χ4n) is 2.70. The lowest BCUT2D eigenvalue weighted by molar-refractivity contribution is 0.176. The van der Waals surface area contributed by atoms with Gasteiger partial charge in [-0.2, -0.15) is 0 Å². The van der Waals surface area contributed by atoms with Gasteiger partial charge in [0.05, 0.1) is 11.6 Å². The second-order valence-corrected chi connectivity index (χ2v) is 6.10. The standard InChI is InChI=1S/C15H23BrN2O.ClH/c1-17-10-12-5-7-18(8-6-12)11-13-3-4-15(19-2)14(16)9-13;/h3-4,9,12,17H,5-8,10-11H2,1-2H3;1H. The Kier molecular flexibility index (Phi) is 7.88. The van der Waals surface area contributed by atoms with Gasteiger partial charge in [0, 0.05) is 6.54 Å². The minimum Gasteiger partial charge on any atom is -0.496 e. The Morgan fingerprint density at radius 1 is 1.35 bits per heavy atom. The maximum absolute atomic E-state index is 5.26. The molecule has 1 fully saturated rings. The first kappa shape index (κ1) is 17.8. The summed E-state index contributed by atoms with van der Waals surface area (Å²) >= 11 is 3.55. The number of nitrogens with zero attached hydrogens (tertiary/aromatic N) is 1. The van der Waals surface area contributed by atoms with Gasteiger partial charge < -0.3 is 10.1 Å². The highest BCUT2D eigenvalue weighted by Gasteiger charge is 2.18. The van der Waals surface area contributed by atoms with Crippen molar-refractivity contribution < 1.29 is 4.74 Å². The zero-order valence-electron chi connectivity index (χ0n) is 12.2. The molecule has 0 radical (unpaired) electrons. The van der Waals surface area contributed by atoms with Gasteiger partial charge >= 0.3 is 0 Å². The van der Waals surface area contributed by atoms with Gasteiger partial charge in [-0.15, -0.1) is 12.4 Å². The third-order valence-corrected chi connectivity index (χ3v) is 4.44. The number of ether oxygens (including phenoxy) is 1. The van der Waals surface area contributed by atoms with E-state index in [9.17, 15) is 0 Å². The van der Waals surface area contributed by atoms with E-state index in [1.54, 1.807) is 7.11 Å². The van der Waals surface area contributed by atoms with E-state index in [-0.39, 0.29) is 12.4 Å². The van der Waals surface area contributed by atoms with Crippen LogP contribution in [0.2, 0.25) is 0 Å². The zero-order valence-corrected chi connectivity index (χ0v) is 14.6. The van der Waals surface area contributed by atoms with Crippen LogP contribution in [0.25, 0.3) is 0 Å². The van der Waals surface area contributed by atoms with E-state index in [4.69, 9.17) is 4.74 Å². The lowest BCUT2D eigenvalue weighted by Crippen LogP contribution is -2.36. The normalized spacial score (nSPS) is 16.8. The number of benzene rings is 1. The maximum atomic E-state index is 5.26. The molecule has 0 spiro atoms. The minimum atomic E-state index is 0. The summed E-state index contributed by atoms with van der Waals surface area (Å²) in [6.07, 6.45) is 2.61. The quantitative estimate of drug-likeness (QED) is 0.868. The first-order valence-corrected chi connectivity index (χ1v) is 7.71. The van der Waals surface area contributed by atoms with Crippen LogP contribution < -0.4 is 10.1 Å². The number of hydrogen-bond donors (Lipinski definition) is 1. The van der Waals surface area contributed by atoms with E-state index in [0.717, 1.165) is 29.2 Å². The molecule has 20 heavy (non-hydrogen) atoms. The van der Waals surface area contributed by atoms with Crippen LogP contribution in [0.5, 0.6) is 5.75 Å². The molecule has 1 N–H and O–H groups in total. The molecule has 0 aromatic heterocycles. The Bertz CT molecular complexity index is 409. The van der Waals surface area contributed by atoms with Crippen molar-refractivity contribution in [2.24, 2.45) is 5.92 Å². The number of methoxy groups -OCH3 is 1. The lowest BCUT2D eigenvalue weighted by Gasteiger charge is -2.32. The molecule has 0 bridgehead atoms. The first-order valence-electron chi connectivity index (χ1n) is 6.92. The third kappa shape index (κ3) is 4.92. The second kappa shape index (κ2) is 8.88. The smallest absolute Gasteiger partial charge is 0.133 e. The predicted octanol–water partition coefficient (Wildman–Crippen LogP) is 3.31. The van der Waals surface area contributed by atoms with Crippen molar-refractivity contribution in [2.45, 2.75) is 19.4 Å². The fraction of sp³-hybridized carbons (Fsp3) is 0.600. The molecule has 1 aromatic rings. The van der Waals surface area contributed by atoms with E-state index < -0.39 is 0 Å². The average molecular weight is 364 g/mol. The number of piperidine rings is 1. The fourth-order valence-corrected chi connectivity index (χ4v) is 3.29. The Morgan fingerprint density at radius 3 is 2.60 bits per heavy atom. The minimum absolute atomic E-state index is 0. The summed E-state index contributed by atoms with van der Waals surface area (Å²) in [6.45, 7) is 4.60. The SMILES string of the molecule is CNCC1CCN(Cc2ccc(OC)c(Br)c2)CC1.Cl. The summed E-state index contributed by atoms with van der Waals surface area (Å²) in [7, 11) is 3.74. The van der Waals surface area contributed by atoms with Crippen LogP contribution in [0, 0.1) is 5.92 Å². The van der Waals surface area contributed by atoms with Crippen molar-refractivity contribution in [2.75, 3.05) is 33.8 Å². The summed E-state index contributed by atoms with van der Waals surface area (Å²) < 4.78 is 6.30. The molecule has 0 unspecified atom stereocenters. The molecular formula is C15H24BrClN2O. The van der Waals surface area contributed by atoms with Crippen molar-refractivity contribution in [3.05, 3.63) is 28.2 Å². The Balaban J connectivity index is 0.00000200. The summed E-state index contributed by atoms with van der Waals surface area (Å²) in [5.74, 6) is 1.75. The molecular weight excluding hydrogens is 340 g/mol. The molecule has 0 amide bonds.